The molecule has 3 aromatic heterocycles. The largest absolute Gasteiger partial charge is 0.460 e. The van der Waals surface area contributed by atoms with Crippen molar-refractivity contribution >= 4 is 39.2 Å². The highest BCUT2D eigenvalue weighted by Gasteiger charge is 2.17. The Labute approximate surface area is 178 Å². The lowest BCUT2D eigenvalue weighted by molar-refractivity contribution is 0.0963. The Bertz CT molecular complexity index is 1430. The maximum absolute atomic E-state index is 12.2. The lowest BCUT2D eigenvalue weighted by Gasteiger charge is -2.10. The zero-order chi connectivity index (χ0) is 21.4. The van der Waals surface area contributed by atoms with Gasteiger partial charge in [0.15, 0.2) is 5.82 Å². The molecule has 0 aliphatic heterocycles. The summed E-state index contributed by atoms with van der Waals surface area (Å²) in [5.41, 5.74) is 4.74. The van der Waals surface area contributed by atoms with Gasteiger partial charge in [0.1, 0.15) is 11.3 Å². The van der Waals surface area contributed by atoms with E-state index in [1.165, 1.54) is 0 Å². The van der Waals surface area contributed by atoms with E-state index in [1.54, 1.807) is 38.6 Å². The SMILES string of the molecule is CNC(=O)c1c(C)oc2cc(Nc3ccnc4cc(-c5ncccn5)ccc34)ccc12. The van der Waals surface area contributed by atoms with Crippen molar-refractivity contribution in [3.05, 3.63) is 78.4 Å². The van der Waals surface area contributed by atoms with E-state index >= 15 is 0 Å². The number of hydrogen-bond acceptors (Lipinski definition) is 6. The molecule has 0 bridgehead atoms. The van der Waals surface area contributed by atoms with Crippen molar-refractivity contribution in [3.63, 3.8) is 0 Å². The molecule has 5 rings (SSSR count). The number of rotatable bonds is 4. The lowest BCUT2D eigenvalue weighted by atomic mass is 10.1. The zero-order valence-electron chi connectivity index (χ0n) is 17.0. The van der Waals surface area contributed by atoms with Crippen LogP contribution < -0.4 is 10.6 Å². The van der Waals surface area contributed by atoms with Crippen LogP contribution in [0, 0.1) is 6.92 Å². The molecule has 0 unspecified atom stereocenters. The number of nitrogens with one attached hydrogen (secondary N) is 2. The van der Waals surface area contributed by atoms with Crippen molar-refractivity contribution in [2.24, 2.45) is 0 Å². The molecule has 5 aromatic rings. The normalized spacial score (nSPS) is 11.0. The highest BCUT2D eigenvalue weighted by Crippen LogP contribution is 2.31. The van der Waals surface area contributed by atoms with Crippen molar-refractivity contribution in [2.45, 2.75) is 6.92 Å². The molecule has 0 fully saturated rings. The topological polar surface area (TPSA) is 92.9 Å². The van der Waals surface area contributed by atoms with Crippen molar-refractivity contribution in [1.82, 2.24) is 20.3 Å². The van der Waals surface area contributed by atoms with E-state index in [-0.39, 0.29) is 5.91 Å². The summed E-state index contributed by atoms with van der Waals surface area (Å²) in [5, 5.41) is 7.86. The van der Waals surface area contributed by atoms with Crippen LogP contribution in [-0.4, -0.2) is 27.9 Å². The van der Waals surface area contributed by atoms with Gasteiger partial charge >= 0.3 is 0 Å². The molecule has 0 radical (unpaired) electrons. The first-order chi connectivity index (χ1) is 15.1. The van der Waals surface area contributed by atoms with Gasteiger partial charge in [0.25, 0.3) is 5.91 Å². The van der Waals surface area contributed by atoms with E-state index in [9.17, 15) is 4.79 Å². The van der Waals surface area contributed by atoms with Gasteiger partial charge in [-0.15, -0.1) is 0 Å². The fraction of sp³-hybridized carbons (Fsp3) is 0.0833. The Kier molecular flexibility index (Phi) is 4.55. The Morgan fingerprint density at radius 2 is 1.74 bits per heavy atom. The molecule has 2 aromatic carbocycles. The minimum Gasteiger partial charge on any atom is -0.460 e. The molecule has 0 atom stereocenters. The number of pyridine rings is 1. The third-order valence-corrected chi connectivity index (χ3v) is 5.17. The quantitative estimate of drug-likeness (QED) is 0.441. The summed E-state index contributed by atoms with van der Waals surface area (Å²) in [6, 6.07) is 15.4. The van der Waals surface area contributed by atoms with Crippen LogP contribution >= 0.6 is 0 Å². The van der Waals surface area contributed by atoms with Crippen molar-refractivity contribution in [1.29, 1.82) is 0 Å². The average molecular weight is 409 g/mol. The van der Waals surface area contributed by atoms with Crippen LogP contribution in [0.25, 0.3) is 33.3 Å². The molecule has 0 saturated carbocycles. The van der Waals surface area contributed by atoms with Gasteiger partial charge in [0.05, 0.1) is 11.1 Å². The highest BCUT2D eigenvalue weighted by atomic mass is 16.3. The predicted molar refractivity (Wildman–Crippen MR) is 120 cm³/mol. The van der Waals surface area contributed by atoms with E-state index < -0.39 is 0 Å². The molecule has 0 aliphatic rings. The van der Waals surface area contributed by atoms with E-state index in [0.717, 1.165) is 33.2 Å². The van der Waals surface area contributed by atoms with Gasteiger partial charge in [0.2, 0.25) is 0 Å². The number of aryl methyl sites for hydroxylation is 1. The van der Waals surface area contributed by atoms with Crippen LogP contribution in [0.4, 0.5) is 11.4 Å². The van der Waals surface area contributed by atoms with Crippen LogP contribution in [-0.2, 0) is 0 Å². The minimum absolute atomic E-state index is 0.157. The van der Waals surface area contributed by atoms with Gasteiger partial charge < -0.3 is 15.1 Å². The molecule has 0 aliphatic carbocycles. The van der Waals surface area contributed by atoms with Gasteiger partial charge in [-0.2, -0.15) is 0 Å². The number of fused-ring (bicyclic) bond motifs is 2. The fourth-order valence-corrected chi connectivity index (χ4v) is 3.70. The summed E-state index contributed by atoms with van der Waals surface area (Å²) in [5.74, 6) is 1.10. The Morgan fingerprint density at radius 3 is 2.55 bits per heavy atom. The summed E-state index contributed by atoms with van der Waals surface area (Å²) in [6.45, 7) is 1.79. The summed E-state index contributed by atoms with van der Waals surface area (Å²) in [7, 11) is 1.61. The number of hydrogen-bond donors (Lipinski definition) is 2. The molecule has 1 amide bonds. The van der Waals surface area contributed by atoms with Crippen LogP contribution in [0.5, 0.6) is 0 Å². The maximum Gasteiger partial charge on any atom is 0.255 e. The Morgan fingerprint density at radius 1 is 0.935 bits per heavy atom. The average Bonchev–Trinajstić information content (AvgIpc) is 3.14. The molecule has 3 heterocycles. The van der Waals surface area contributed by atoms with Crippen LogP contribution in [0.15, 0.2) is 71.5 Å². The second kappa shape index (κ2) is 7.53. The third-order valence-electron chi connectivity index (χ3n) is 5.17. The molecule has 2 N–H and O–H groups in total. The number of aromatic nitrogens is 3. The van der Waals surface area contributed by atoms with E-state index in [0.29, 0.717) is 22.7 Å². The van der Waals surface area contributed by atoms with Crippen molar-refractivity contribution < 1.29 is 9.21 Å². The number of anilines is 2. The second-order valence-corrected chi connectivity index (χ2v) is 7.11. The summed E-state index contributed by atoms with van der Waals surface area (Å²) >= 11 is 0. The molecule has 0 saturated heterocycles. The van der Waals surface area contributed by atoms with Gasteiger partial charge in [-0.05, 0) is 43.3 Å². The second-order valence-electron chi connectivity index (χ2n) is 7.11. The predicted octanol–water partition coefficient (Wildman–Crippen LogP) is 4.85. The third kappa shape index (κ3) is 3.36. The summed E-state index contributed by atoms with van der Waals surface area (Å²) in [4.78, 5) is 25.3. The lowest BCUT2D eigenvalue weighted by Crippen LogP contribution is -2.18. The molecule has 0 spiro atoms. The number of carbonyl (C=O) groups is 1. The maximum atomic E-state index is 12.2. The number of carbonyl (C=O) groups excluding carboxylic acids is 1. The molecule has 7 heteroatoms. The monoisotopic (exact) mass is 409 g/mol. The minimum atomic E-state index is -0.157. The van der Waals surface area contributed by atoms with E-state index in [1.807, 2.05) is 42.5 Å². The molecule has 152 valence electrons. The summed E-state index contributed by atoms with van der Waals surface area (Å²) in [6.07, 6.45) is 5.21. The van der Waals surface area contributed by atoms with E-state index in [4.69, 9.17) is 4.42 Å². The van der Waals surface area contributed by atoms with Crippen LogP contribution in [0.1, 0.15) is 16.1 Å². The number of furan rings is 1. The molecular formula is C24H19N5O2. The standard InChI is InChI=1S/C24H19N5O2/c1-14-22(24(30)25-2)18-7-5-16(13-21(18)31-14)29-19-8-11-26-20-12-15(4-6-17(19)20)23-27-9-3-10-28-23/h3-13H,1-2H3,(H,25,30)(H,26,29). The first-order valence-electron chi connectivity index (χ1n) is 9.82. The first-order valence-corrected chi connectivity index (χ1v) is 9.82. The zero-order valence-corrected chi connectivity index (χ0v) is 17.0. The number of benzene rings is 2. The molecule has 7 nitrogen and oxygen atoms in total. The van der Waals surface area contributed by atoms with Gasteiger partial charge in [-0.1, -0.05) is 6.07 Å². The van der Waals surface area contributed by atoms with Crippen LogP contribution in [0.3, 0.4) is 0 Å². The van der Waals surface area contributed by atoms with Crippen molar-refractivity contribution in [3.8, 4) is 11.4 Å². The van der Waals surface area contributed by atoms with Gasteiger partial charge in [0, 0.05) is 59.4 Å². The Hall–Kier alpha value is -4.26. The van der Waals surface area contributed by atoms with Crippen LogP contribution in [0.2, 0.25) is 0 Å². The number of nitrogens with zero attached hydrogens (tertiary/aromatic N) is 3. The van der Waals surface area contributed by atoms with Gasteiger partial charge in [-0.25, -0.2) is 9.97 Å². The highest BCUT2D eigenvalue weighted by molar-refractivity contribution is 6.07. The Balaban J connectivity index is 1.51. The molecule has 31 heavy (non-hydrogen) atoms. The first kappa shape index (κ1) is 18.7. The van der Waals surface area contributed by atoms with E-state index in [2.05, 4.69) is 25.6 Å². The van der Waals surface area contributed by atoms with Gasteiger partial charge in [-0.3, -0.25) is 9.78 Å². The number of amides is 1. The van der Waals surface area contributed by atoms with Crippen molar-refractivity contribution in [2.75, 3.05) is 12.4 Å². The molecular weight excluding hydrogens is 390 g/mol. The smallest absolute Gasteiger partial charge is 0.255 e. The summed E-state index contributed by atoms with van der Waals surface area (Å²) < 4.78 is 5.83. The fourth-order valence-electron chi connectivity index (χ4n) is 3.70.